The number of aryl methyl sites for hydroxylation is 1. The molecule has 3 nitrogen and oxygen atoms in total. The Morgan fingerprint density at radius 1 is 1.20 bits per heavy atom. The number of nitrogens with zero attached hydrogens (tertiary/aromatic N) is 1. The molecule has 1 saturated carbocycles. The first kappa shape index (κ1) is 14.1. The van der Waals surface area contributed by atoms with Crippen LogP contribution in [0.4, 0.5) is 0 Å². The number of hydrogen-bond acceptors (Lipinski definition) is 2. The van der Waals surface area contributed by atoms with E-state index < -0.39 is 10.0 Å². The quantitative estimate of drug-likeness (QED) is 0.839. The van der Waals surface area contributed by atoms with Crippen molar-refractivity contribution in [1.82, 2.24) is 4.31 Å². The SMILES string of the molecule is Cc1ccc(S(=O)(=O)N2C[C@@]3(C)C[C@H]2CC[C@H]3C)cc1. The first-order valence-corrected chi connectivity index (χ1v) is 8.85. The molecule has 20 heavy (non-hydrogen) atoms. The minimum absolute atomic E-state index is 0.153. The summed E-state index contributed by atoms with van der Waals surface area (Å²) >= 11 is 0. The molecule has 1 saturated heterocycles. The highest BCUT2D eigenvalue weighted by atomic mass is 32.2. The number of sulfonamides is 1. The van der Waals surface area contributed by atoms with Crippen molar-refractivity contribution in [2.45, 2.75) is 51.0 Å². The summed E-state index contributed by atoms with van der Waals surface area (Å²) in [7, 11) is -3.34. The highest BCUT2D eigenvalue weighted by Crippen LogP contribution is 2.50. The standard InChI is InChI=1S/C16H23NO2S/c1-12-4-8-15(9-5-12)20(18,19)17-11-16(3)10-14(17)7-6-13(16)2/h4-5,8-9,13-14H,6-7,10-11H2,1-3H3/t13-,14-,16-/m1/s1. The normalized spacial score (nSPS) is 34.4. The fourth-order valence-corrected chi connectivity index (χ4v) is 5.50. The van der Waals surface area contributed by atoms with Gasteiger partial charge in [0, 0.05) is 12.6 Å². The van der Waals surface area contributed by atoms with E-state index in [2.05, 4.69) is 13.8 Å². The van der Waals surface area contributed by atoms with Crippen molar-refractivity contribution in [3.63, 3.8) is 0 Å². The summed E-state index contributed by atoms with van der Waals surface area (Å²) in [6.45, 7) is 7.16. The minimum atomic E-state index is -3.34. The Morgan fingerprint density at radius 3 is 2.45 bits per heavy atom. The highest BCUT2D eigenvalue weighted by molar-refractivity contribution is 7.89. The summed E-state index contributed by atoms with van der Waals surface area (Å²) < 4.78 is 27.5. The Morgan fingerprint density at radius 2 is 1.85 bits per heavy atom. The first-order chi connectivity index (χ1) is 9.33. The van der Waals surface area contributed by atoms with Gasteiger partial charge in [-0.25, -0.2) is 8.42 Å². The van der Waals surface area contributed by atoms with E-state index in [4.69, 9.17) is 0 Å². The van der Waals surface area contributed by atoms with Crippen LogP contribution in [0.1, 0.15) is 38.7 Å². The Hall–Kier alpha value is -0.870. The Bertz CT molecular complexity index is 608. The molecule has 2 fully saturated rings. The van der Waals surface area contributed by atoms with E-state index in [-0.39, 0.29) is 11.5 Å². The molecule has 0 unspecified atom stereocenters. The lowest BCUT2D eigenvalue weighted by Crippen LogP contribution is -2.35. The van der Waals surface area contributed by atoms with Gasteiger partial charge in [0.15, 0.2) is 0 Å². The Kier molecular flexibility index (Phi) is 3.22. The highest BCUT2D eigenvalue weighted by Gasteiger charge is 2.51. The lowest BCUT2D eigenvalue weighted by Gasteiger charge is -2.34. The maximum atomic E-state index is 12.9. The zero-order valence-electron chi connectivity index (χ0n) is 12.5. The van der Waals surface area contributed by atoms with Gasteiger partial charge in [0.05, 0.1) is 4.90 Å². The maximum absolute atomic E-state index is 12.9. The van der Waals surface area contributed by atoms with Gasteiger partial charge < -0.3 is 0 Å². The molecule has 4 heteroatoms. The van der Waals surface area contributed by atoms with Gasteiger partial charge in [-0.3, -0.25) is 0 Å². The summed E-state index contributed by atoms with van der Waals surface area (Å²) in [6, 6.07) is 7.42. The third kappa shape index (κ3) is 2.09. The van der Waals surface area contributed by atoms with Crippen molar-refractivity contribution in [3.05, 3.63) is 29.8 Å². The summed E-state index contributed by atoms with van der Waals surface area (Å²) in [5.41, 5.74) is 1.24. The Balaban J connectivity index is 1.95. The second-order valence-electron chi connectivity index (χ2n) is 6.85. The second-order valence-corrected chi connectivity index (χ2v) is 8.74. The van der Waals surface area contributed by atoms with Gasteiger partial charge in [0.25, 0.3) is 0 Å². The van der Waals surface area contributed by atoms with Gasteiger partial charge in [-0.2, -0.15) is 4.31 Å². The molecule has 2 bridgehead atoms. The maximum Gasteiger partial charge on any atom is 0.243 e. The molecule has 3 atom stereocenters. The van der Waals surface area contributed by atoms with Crippen molar-refractivity contribution in [2.75, 3.05) is 6.54 Å². The fourth-order valence-electron chi connectivity index (χ4n) is 3.71. The minimum Gasteiger partial charge on any atom is -0.207 e. The molecule has 1 aromatic carbocycles. The summed E-state index contributed by atoms with van der Waals surface area (Å²) in [4.78, 5) is 0.437. The smallest absolute Gasteiger partial charge is 0.207 e. The van der Waals surface area contributed by atoms with Crippen molar-refractivity contribution in [2.24, 2.45) is 11.3 Å². The molecule has 1 heterocycles. The van der Waals surface area contributed by atoms with E-state index in [1.54, 1.807) is 16.4 Å². The Labute approximate surface area is 122 Å². The molecular formula is C16H23NO2S. The molecule has 0 N–H and O–H groups in total. The van der Waals surface area contributed by atoms with E-state index in [1.165, 1.54) is 0 Å². The van der Waals surface area contributed by atoms with Gasteiger partial charge in [0.1, 0.15) is 0 Å². The van der Waals surface area contributed by atoms with Crippen molar-refractivity contribution < 1.29 is 8.42 Å². The molecule has 0 spiro atoms. The molecule has 1 aromatic rings. The number of rotatable bonds is 2. The van der Waals surface area contributed by atoms with Crippen LogP contribution in [0.25, 0.3) is 0 Å². The van der Waals surface area contributed by atoms with Crippen molar-refractivity contribution in [1.29, 1.82) is 0 Å². The largest absolute Gasteiger partial charge is 0.243 e. The number of benzene rings is 1. The molecule has 3 rings (SSSR count). The topological polar surface area (TPSA) is 37.4 Å². The molecule has 0 aromatic heterocycles. The van der Waals surface area contributed by atoms with E-state index in [1.807, 2.05) is 19.1 Å². The van der Waals surface area contributed by atoms with Gasteiger partial charge in [-0.1, -0.05) is 31.5 Å². The summed E-state index contributed by atoms with van der Waals surface area (Å²) in [5, 5.41) is 0. The summed E-state index contributed by atoms with van der Waals surface area (Å²) in [5.74, 6) is 0.608. The summed E-state index contributed by atoms with van der Waals surface area (Å²) in [6.07, 6.45) is 3.15. The van der Waals surface area contributed by atoms with Gasteiger partial charge in [-0.05, 0) is 49.7 Å². The molecule has 0 radical (unpaired) electrons. The van der Waals surface area contributed by atoms with Gasteiger partial charge in [-0.15, -0.1) is 0 Å². The average molecular weight is 293 g/mol. The van der Waals surface area contributed by atoms with Crippen LogP contribution in [0.5, 0.6) is 0 Å². The number of fused-ring (bicyclic) bond motifs is 2. The van der Waals surface area contributed by atoms with Crippen molar-refractivity contribution >= 4 is 10.0 Å². The third-order valence-electron chi connectivity index (χ3n) is 5.38. The van der Waals surface area contributed by atoms with E-state index in [9.17, 15) is 8.42 Å². The number of hydrogen-bond donors (Lipinski definition) is 0. The van der Waals surface area contributed by atoms with Crippen LogP contribution < -0.4 is 0 Å². The molecule has 1 aliphatic heterocycles. The zero-order valence-corrected chi connectivity index (χ0v) is 13.3. The van der Waals surface area contributed by atoms with Crippen LogP contribution in [-0.4, -0.2) is 25.3 Å². The van der Waals surface area contributed by atoms with E-state index >= 15 is 0 Å². The molecule has 0 amide bonds. The molecule has 2 aliphatic rings. The van der Waals surface area contributed by atoms with E-state index in [0.29, 0.717) is 17.4 Å². The van der Waals surface area contributed by atoms with Crippen LogP contribution in [-0.2, 0) is 10.0 Å². The predicted molar refractivity (Wildman–Crippen MR) is 80.0 cm³/mol. The van der Waals surface area contributed by atoms with Gasteiger partial charge in [0.2, 0.25) is 10.0 Å². The van der Waals surface area contributed by atoms with Crippen LogP contribution in [0, 0.1) is 18.3 Å². The fraction of sp³-hybridized carbons (Fsp3) is 0.625. The van der Waals surface area contributed by atoms with Crippen LogP contribution in [0.15, 0.2) is 29.2 Å². The van der Waals surface area contributed by atoms with Crippen LogP contribution in [0.3, 0.4) is 0 Å². The van der Waals surface area contributed by atoms with Crippen LogP contribution >= 0.6 is 0 Å². The first-order valence-electron chi connectivity index (χ1n) is 7.41. The molecule has 1 aliphatic carbocycles. The zero-order chi connectivity index (χ0) is 14.5. The molecular weight excluding hydrogens is 270 g/mol. The van der Waals surface area contributed by atoms with E-state index in [0.717, 1.165) is 24.8 Å². The lowest BCUT2D eigenvalue weighted by atomic mass is 9.70. The monoisotopic (exact) mass is 293 g/mol. The van der Waals surface area contributed by atoms with Crippen molar-refractivity contribution in [3.8, 4) is 0 Å². The predicted octanol–water partition coefficient (Wildman–Crippen LogP) is 3.19. The second kappa shape index (κ2) is 4.57. The average Bonchev–Trinajstić information content (AvgIpc) is 2.70. The third-order valence-corrected chi connectivity index (χ3v) is 7.29. The van der Waals surface area contributed by atoms with Gasteiger partial charge >= 0.3 is 0 Å². The van der Waals surface area contributed by atoms with Crippen LogP contribution in [0.2, 0.25) is 0 Å². The molecule has 110 valence electrons. The lowest BCUT2D eigenvalue weighted by molar-refractivity contribution is 0.179.